The minimum Gasteiger partial charge on any atom is -0.495 e. The Labute approximate surface area is 98.4 Å². The van der Waals surface area contributed by atoms with Crippen molar-refractivity contribution in [3.8, 4) is 16.9 Å². The van der Waals surface area contributed by atoms with E-state index in [1.165, 1.54) is 13.2 Å². The minimum atomic E-state index is -0.370. The van der Waals surface area contributed by atoms with Gasteiger partial charge in [-0.1, -0.05) is 35.9 Å². The van der Waals surface area contributed by atoms with Gasteiger partial charge in [0, 0.05) is 17.2 Å². The average molecular weight is 236 g/mol. The van der Waals surface area contributed by atoms with Gasteiger partial charge in [-0.05, 0) is 12.1 Å². The van der Waals surface area contributed by atoms with Crippen LogP contribution in [0.3, 0.4) is 0 Å². The van der Waals surface area contributed by atoms with Gasteiger partial charge >= 0.3 is 0 Å². The Morgan fingerprint density at radius 3 is 2.75 bits per heavy atom. The van der Waals surface area contributed by atoms with Crippen LogP contribution in [-0.4, -0.2) is 7.11 Å². The third-order valence-corrected chi connectivity index (χ3v) is 2.57. The SMILES string of the molecule is COc1[c]cccc1-c1c(F)cccc1Cl. The molecule has 2 aromatic carbocycles. The van der Waals surface area contributed by atoms with Gasteiger partial charge in [0.2, 0.25) is 0 Å². The van der Waals surface area contributed by atoms with Gasteiger partial charge in [-0.3, -0.25) is 0 Å². The number of methoxy groups -OCH3 is 1. The maximum atomic E-state index is 13.7. The zero-order chi connectivity index (χ0) is 11.5. The molecule has 1 nitrogen and oxygen atoms in total. The number of rotatable bonds is 2. The fourth-order valence-electron chi connectivity index (χ4n) is 1.54. The molecule has 0 amide bonds. The van der Waals surface area contributed by atoms with E-state index in [-0.39, 0.29) is 5.82 Å². The molecule has 16 heavy (non-hydrogen) atoms. The number of ether oxygens (including phenoxy) is 1. The smallest absolute Gasteiger partial charge is 0.134 e. The quantitative estimate of drug-likeness (QED) is 0.766. The zero-order valence-electron chi connectivity index (χ0n) is 8.63. The normalized spacial score (nSPS) is 10.2. The van der Waals surface area contributed by atoms with Crippen LogP contribution in [0.15, 0.2) is 36.4 Å². The van der Waals surface area contributed by atoms with E-state index in [2.05, 4.69) is 6.07 Å². The maximum Gasteiger partial charge on any atom is 0.134 e. The molecule has 2 aromatic rings. The van der Waals surface area contributed by atoms with E-state index in [1.54, 1.807) is 30.3 Å². The lowest BCUT2D eigenvalue weighted by Crippen LogP contribution is -1.91. The van der Waals surface area contributed by atoms with Crippen LogP contribution in [0, 0.1) is 11.9 Å². The second kappa shape index (κ2) is 4.54. The molecule has 0 unspecified atom stereocenters. The van der Waals surface area contributed by atoms with E-state index < -0.39 is 0 Å². The Morgan fingerprint density at radius 1 is 1.25 bits per heavy atom. The summed E-state index contributed by atoms with van der Waals surface area (Å²) in [5, 5.41) is 0.359. The lowest BCUT2D eigenvalue weighted by molar-refractivity contribution is 0.415. The van der Waals surface area contributed by atoms with Crippen molar-refractivity contribution >= 4 is 11.6 Å². The second-order valence-electron chi connectivity index (χ2n) is 3.21. The zero-order valence-corrected chi connectivity index (χ0v) is 9.38. The summed E-state index contributed by atoms with van der Waals surface area (Å²) in [5.41, 5.74) is 0.950. The Kier molecular flexibility index (Phi) is 3.11. The van der Waals surface area contributed by atoms with Crippen LogP contribution in [0.4, 0.5) is 4.39 Å². The lowest BCUT2D eigenvalue weighted by atomic mass is 10.0. The Morgan fingerprint density at radius 2 is 2.06 bits per heavy atom. The van der Waals surface area contributed by atoms with Gasteiger partial charge < -0.3 is 4.74 Å². The second-order valence-corrected chi connectivity index (χ2v) is 3.62. The highest BCUT2D eigenvalue weighted by Gasteiger charge is 2.13. The van der Waals surface area contributed by atoms with Crippen LogP contribution in [-0.2, 0) is 0 Å². The first kappa shape index (κ1) is 11.0. The molecule has 0 heterocycles. The largest absolute Gasteiger partial charge is 0.495 e. The Hall–Kier alpha value is -1.54. The molecule has 0 bridgehead atoms. The fraction of sp³-hybridized carbons (Fsp3) is 0.0769. The number of halogens is 2. The summed E-state index contributed by atoms with van der Waals surface area (Å²) < 4.78 is 18.8. The van der Waals surface area contributed by atoms with Crippen molar-refractivity contribution in [3.63, 3.8) is 0 Å². The molecule has 0 N–H and O–H groups in total. The number of benzene rings is 2. The average Bonchev–Trinajstić information content (AvgIpc) is 2.29. The molecule has 0 atom stereocenters. The molecule has 3 heteroatoms. The van der Waals surface area contributed by atoms with Crippen molar-refractivity contribution in [2.24, 2.45) is 0 Å². The van der Waals surface area contributed by atoms with Crippen molar-refractivity contribution in [2.75, 3.05) is 7.11 Å². The number of hydrogen-bond donors (Lipinski definition) is 0. The van der Waals surface area contributed by atoms with Gasteiger partial charge in [0.15, 0.2) is 0 Å². The van der Waals surface area contributed by atoms with Crippen molar-refractivity contribution in [2.45, 2.75) is 0 Å². The van der Waals surface area contributed by atoms with E-state index in [1.807, 2.05) is 0 Å². The number of hydrogen-bond acceptors (Lipinski definition) is 1. The first-order valence-corrected chi connectivity index (χ1v) is 5.11. The molecule has 0 aliphatic rings. The van der Waals surface area contributed by atoms with Crippen molar-refractivity contribution in [1.82, 2.24) is 0 Å². The van der Waals surface area contributed by atoms with E-state index in [0.717, 1.165) is 0 Å². The molecule has 0 saturated carbocycles. The predicted octanol–water partition coefficient (Wildman–Crippen LogP) is 3.95. The molecule has 81 valence electrons. The Balaban J connectivity index is 2.67. The highest BCUT2D eigenvalue weighted by molar-refractivity contribution is 6.33. The summed E-state index contributed by atoms with van der Waals surface area (Å²) in [6.07, 6.45) is 0. The van der Waals surface area contributed by atoms with Crippen LogP contribution in [0.5, 0.6) is 5.75 Å². The van der Waals surface area contributed by atoms with Gasteiger partial charge in [0.25, 0.3) is 0 Å². The maximum absolute atomic E-state index is 13.7. The molecular formula is C13H9ClFO. The summed E-state index contributed by atoms with van der Waals surface area (Å²) in [7, 11) is 1.52. The number of para-hydroxylation sites is 1. The standard InChI is InChI=1S/C13H9ClFO/c1-16-12-8-3-2-5-9(12)13-10(14)6-4-7-11(13)15/h2-7H,1H3. The van der Waals surface area contributed by atoms with E-state index in [4.69, 9.17) is 16.3 Å². The van der Waals surface area contributed by atoms with Crippen LogP contribution < -0.4 is 4.74 Å². The molecule has 0 aliphatic heterocycles. The van der Waals surface area contributed by atoms with Gasteiger partial charge in [-0.25, -0.2) is 4.39 Å². The van der Waals surface area contributed by atoms with Crippen LogP contribution in [0.2, 0.25) is 5.02 Å². The molecule has 0 aliphatic carbocycles. The minimum absolute atomic E-state index is 0.345. The summed E-state index contributed by atoms with van der Waals surface area (Å²) in [6, 6.07) is 12.7. The summed E-state index contributed by atoms with van der Waals surface area (Å²) in [4.78, 5) is 0. The monoisotopic (exact) mass is 235 g/mol. The summed E-state index contributed by atoms with van der Waals surface area (Å²) >= 11 is 5.98. The summed E-state index contributed by atoms with van der Waals surface area (Å²) in [6.45, 7) is 0. The molecule has 0 fully saturated rings. The highest BCUT2D eigenvalue weighted by Crippen LogP contribution is 2.35. The fourth-order valence-corrected chi connectivity index (χ4v) is 1.81. The van der Waals surface area contributed by atoms with E-state index >= 15 is 0 Å². The van der Waals surface area contributed by atoms with E-state index in [9.17, 15) is 4.39 Å². The summed E-state index contributed by atoms with van der Waals surface area (Å²) in [5.74, 6) is 0.111. The topological polar surface area (TPSA) is 9.23 Å². The molecule has 0 spiro atoms. The van der Waals surface area contributed by atoms with Crippen molar-refractivity contribution < 1.29 is 9.13 Å². The van der Waals surface area contributed by atoms with Crippen LogP contribution in [0.25, 0.3) is 11.1 Å². The molecule has 2 rings (SSSR count). The van der Waals surface area contributed by atoms with Crippen molar-refractivity contribution in [1.29, 1.82) is 0 Å². The van der Waals surface area contributed by atoms with Gasteiger partial charge in [-0.15, -0.1) is 0 Å². The van der Waals surface area contributed by atoms with Gasteiger partial charge in [-0.2, -0.15) is 0 Å². The molecular weight excluding hydrogens is 227 g/mol. The van der Waals surface area contributed by atoms with Crippen LogP contribution >= 0.6 is 11.6 Å². The first-order valence-electron chi connectivity index (χ1n) is 4.73. The van der Waals surface area contributed by atoms with Gasteiger partial charge in [0.05, 0.1) is 12.1 Å². The molecule has 0 aromatic heterocycles. The highest BCUT2D eigenvalue weighted by atomic mass is 35.5. The van der Waals surface area contributed by atoms with Crippen molar-refractivity contribution in [3.05, 3.63) is 53.3 Å². The molecule has 0 saturated heterocycles. The van der Waals surface area contributed by atoms with Crippen LogP contribution in [0.1, 0.15) is 0 Å². The van der Waals surface area contributed by atoms with E-state index in [0.29, 0.717) is 21.9 Å². The predicted molar refractivity (Wildman–Crippen MR) is 62.2 cm³/mol. The Bertz CT molecular complexity index is 491. The molecule has 1 radical (unpaired) electrons. The lowest BCUT2D eigenvalue weighted by Gasteiger charge is -2.10. The first-order chi connectivity index (χ1) is 7.74. The third-order valence-electron chi connectivity index (χ3n) is 2.25. The van der Waals surface area contributed by atoms with Gasteiger partial charge in [0.1, 0.15) is 11.6 Å². The third kappa shape index (κ3) is 1.89.